The minimum atomic E-state index is -0.616. The minimum Gasteiger partial charge on any atom is -0.497 e. The minimum absolute atomic E-state index is 0.321. The zero-order chi connectivity index (χ0) is 14.1. The first-order valence-corrected chi connectivity index (χ1v) is 5.95. The summed E-state index contributed by atoms with van der Waals surface area (Å²) in [6, 6.07) is 11.7. The molecule has 3 aromatic rings. The average molecular weight is 269 g/mol. The molecule has 0 radical (unpaired) electrons. The second kappa shape index (κ2) is 4.65. The number of pyridine rings is 1. The van der Waals surface area contributed by atoms with Crippen molar-refractivity contribution >= 4 is 5.65 Å². The average Bonchev–Trinajstić information content (AvgIpc) is 2.47. The first-order valence-electron chi connectivity index (χ1n) is 5.95. The Balaban J connectivity index is 2.36. The number of rotatable bonds is 2. The Morgan fingerprint density at radius 2 is 1.95 bits per heavy atom. The molecule has 0 aliphatic heterocycles. The van der Waals surface area contributed by atoms with Crippen molar-refractivity contribution in [2.45, 2.75) is 0 Å². The van der Waals surface area contributed by atoms with E-state index in [-0.39, 0.29) is 0 Å². The lowest BCUT2D eigenvalue weighted by molar-refractivity contribution is 0.414. The normalized spacial score (nSPS) is 10.7. The smallest absolute Gasteiger partial charge is 0.358 e. The van der Waals surface area contributed by atoms with Crippen LogP contribution in [0.15, 0.2) is 58.3 Å². The van der Waals surface area contributed by atoms with Crippen LogP contribution in [0.5, 0.6) is 5.75 Å². The van der Waals surface area contributed by atoms with E-state index in [9.17, 15) is 9.59 Å². The third-order valence-corrected chi connectivity index (χ3v) is 2.95. The van der Waals surface area contributed by atoms with E-state index < -0.39 is 11.4 Å². The van der Waals surface area contributed by atoms with Crippen molar-refractivity contribution in [3.8, 4) is 11.4 Å². The number of fused-ring (bicyclic) bond motifs is 1. The van der Waals surface area contributed by atoms with Crippen LogP contribution in [0.3, 0.4) is 0 Å². The molecule has 0 bridgehead atoms. The lowest BCUT2D eigenvalue weighted by atomic mass is 10.3. The highest BCUT2D eigenvalue weighted by atomic mass is 16.5. The van der Waals surface area contributed by atoms with Crippen LogP contribution in [-0.4, -0.2) is 21.1 Å². The number of hydrogen-bond donors (Lipinski definition) is 0. The van der Waals surface area contributed by atoms with Gasteiger partial charge >= 0.3 is 11.4 Å². The van der Waals surface area contributed by atoms with Crippen LogP contribution in [0.4, 0.5) is 0 Å². The Hall–Kier alpha value is -2.89. The van der Waals surface area contributed by atoms with E-state index in [1.807, 2.05) is 0 Å². The van der Waals surface area contributed by atoms with Crippen LogP contribution >= 0.6 is 0 Å². The molecule has 6 nitrogen and oxygen atoms in total. The zero-order valence-electron chi connectivity index (χ0n) is 10.7. The van der Waals surface area contributed by atoms with Crippen LogP contribution in [0.25, 0.3) is 11.3 Å². The SMILES string of the molecule is COc1cccc(-n2c(=O)nc3ccccn3c2=O)c1. The highest BCUT2D eigenvalue weighted by molar-refractivity contribution is 5.41. The quantitative estimate of drug-likeness (QED) is 0.692. The molecule has 0 amide bonds. The standard InChI is InChI=1S/C14H11N3O3/c1-20-11-6-4-5-10(9-11)17-13(18)15-12-7-2-3-8-16(12)14(17)19/h2-9H,1H3. The summed E-state index contributed by atoms with van der Waals surface area (Å²) in [6.07, 6.45) is 1.57. The summed E-state index contributed by atoms with van der Waals surface area (Å²) >= 11 is 0. The van der Waals surface area contributed by atoms with Gasteiger partial charge in [-0.2, -0.15) is 4.98 Å². The van der Waals surface area contributed by atoms with Crippen molar-refractivity contribution in [3.05, 3.63) is 69.6 Å². The molecule has 20 heavy (non-hydrogen) atoms. The van der Waals surface area contributed by atoms with Crippen molar-refractivity contribution in [3.63, 3.8) is 0 Å². The second-order valence-corrected chi connectivity index (χ2v) is 4.14. The van der Waals surface area contributed by atoms with Crippen molar-refractivity contribution in [1.82, 2.24) is 14.0 Å². The molecule has 0 saturated heterocycles. The first-order chi connectivity index (χ1) is 9.70. The highest BCUT2D eigenvalue weighted by Crippen LogP contribution is 2.13. The topological polar surface area (TPSA) is 65.6 Å². The number of aromatic nitrogens is 3. The van der Waals surface area contributed by atoms with Gasteiger partial charge in [-0.1, -0.05) is 12.1 Å². The van der Waals surface area contributed by atoms with Crippen LogP contribution in [0.2, 0.25) is 0 Å². The number of hydrogen-bond acceptors (Lipinski definition) is 4. The summed E-state index contributed by atoms with van der Waals surface area (Å²) in [4.78, 5) is 28.3. The predicted molar refractivity (Wildman–Crippen MR) is 73.6 cm³/mol. The zero-order valence-corrected chi connectivity index (χ0v) is 10.7. The molecule has 0 aliphatic rings. The lowest BCUT2D eigenvalue weighted by Gasteiger charge is -2.07. The molecule has 0 fully saturated rings. The Morgan fingerprint density at radius 1 is 1.10 bits per heavy atom. The molecule has 2 aromatic heterocycles. The van der Waals surface area contributed by atoms with Crippen molar-refractivity contribution < 1.29 is 4.74 Å². The molecule has 0 aliphatic carbocycles. The fourth-order valence-corrected chi connectivity index (χ4v) is 1.99. The molecule has 0 unspecified atom stereocenters. The third-order valence-electron chi connectivity index (χ3n) is 2.95. The molecule has 0 atom stereocenters. The van der Waals surface area contributed by atoms with Gasteiger partial charge in [0.2, 0.25) is 0 Å². The van der Waals surface area contributed by atoms with Gasteiger partial charge in [-0.15, -0.1) is 0 Å². The fourth-order valence-electron chi connectivity index (χ4n) is 1.99. The Morgan fingerprint density at radius 3 is 2.75 bits per heavy atom. The van der Waals surface area contributed by atoms with E-state index in [4.69, 9.17) is 4.74 Å². The second-order valence-electron chi connectivity index (χ2n) is 4.14. The maximum atomic E-state index is 12.4. The van der Waals surface area contributed by atoms with Gasteiger partial charge in [-0.3, -0.25) is 4.40 Å². The Bertz CT molecular complexity index is 896. The van der Waals surface area contributed by atoms with E-state index in [1.54, 1.807) is 48.7 Å². The molecule has 3 rings (SSSR count). The summed E-state index contributed by atoms with van der Waals surface area (Å²) in [5.41, 5.74) is -0.338. The first kappa shape index (κ1) is 12.2. The van der Waals surface area contributed by atoms with E-state index in [1.165, 1.54) is 11.5 Å². The van der Waals surface area contributed by atoms with Crippen LogP contribution in [0.1, 0.15) is 0 Å². The van der Waals surface area contributed by atoms with Gasteiger partial charge in [0.1, 0.15) is 11.4 Å². The van der Waals surface area contributed by atoms with Gasteiger partial charge in [0, 0.05) is 12.3 Å². The molecule has 0 saturated carbocycles. The van der Waals surface area contributed by atoms with Gasteiger partial charge in [0.05, 0.1) is 12.8 Å². The third kappa shape index (κ3) is 1.87. The molecule has 0 spiro atoms. The Kier molecular flexibility index (Phi) is 2.83. The monoisotopic (exact) mass is 269 g/mol. The van der Waals surface area contributed by atoms with Gasteiger partial charge < -0.3 is 4.74 Å². The van der Waals surface area contributed by atoms with E-state index in [2.05, 4.69) is 4.98 Å². The largest absolute Gasteiger partial charge is 0.497 e. The lowest BCUT2D eigenvalue weighted by Crippen LogP contribution is -2.37. The molecule has 100 valence electrons. The number of benzene rings is 1. The van der Waals surface area contributed by atoms with Crippen LogP contribution in [-0.2, 0) is 0 Å². The molecule has 2 heterocycles. The van der Waals surface area contributed by atoms with Crippen LogP contribution in [0, 0.1) is 0 Å². The Labute approximate surface area is 113 Å². The maximum Gasteiger partial charge on any atom is 0.358 e. The van der Waals surface area contributed by atoms with Crippen molar-refractivity contribution in [1.29, 1.82) is 0 Å². The summed E-state index contributed by atoms with van der Waals surface area (Å²) in [5, 5.41) is 0. The molecular weight excluding hydrogens is 258 g/mol. The van der Waals surface area contributed by atoms with Crippen LogP contribution < -0.4 is 16.1 Å². The van der Waals surface area contributed by atoms with E-state index in [0.717, 1.165) is 4.57 Å². The molecular formula is C14H11N3O3. The molecule has 0 N–H and O–H groups in total. The maximum absolute atomic E-state index is 12.4. The summed E-state index contributed by atoms with van der Waals surface area (Å²) in [5.74, 6) is 0.562. The predicted octanol–water partition coefficient (Wildman–Crippen LogP) is 0.854. The number of methoxy groups -OCH3 is 1. The van der Waals surface area contributed by atoms with Gasteiger partial charge in [0.25, 0.3) is 0 Å². The van der Waals surface area contributed by atoms with Gasteiger partial charge in [-0.05, 0) is 24.3 Å². The molecule has 1 aromatic carbocycles. The van der Waals surface area contributed by atoms with E-state index >= 15 is 0 Å². The van der Waals surface area contributed by atoms with E-state index in [0.29, 0.717) is 17.1 Å². The summed E-state index contributed by atoms with van der Waals surface area (Å²) < 4.78 is 7.43. The van der Waals surface area contributed by atoms with Gasteiger partial charge in [0.15, 0.2) is 0 Å². The molecule has 6 heteroatoms. The summed E-state index contributed by atoms with van der Waals surface area (Å²) in [7, 11) is 1.52. The van der Waals surface area contributed by atoms with Crippen molar-refractivity contribution in [2.75, 3.05) is 7.11 Å². The summed E-state index contributed by atoms with van der Waals surface area (Å²) in [6.45, 7) is 0. The highest BCUT2D eigenvalue weighted by Gasteiger charge is 2.09. The van der Waals surface area contributed by atoms with Crippen molar-refractivity contribution in [2.24, 2.45) is 0 Å². The van der Waals surface area contributed by atoms with Gasteiger partial charge in [-0.25, -0.2) is 14.2 Å². The number of nitrogens with zero attached hydrogens (tertiary/aromatic N) is 3. The number of ether oxygens (including phenoxy) is 1. The fraction of sp³-hybridized carbons (Fsp3) is 0.0714.